The van der Waals surface area contributed by atoms with E-state index in [1.54, 1.807) is 27.7 Å². The molecule has 0 fully saturated rings. The van der Waals surface area contributed by atoms with Crippen LogP contribution in [0, 0.1) is 11.6 Å². The molecule has 0 aliphatic heterocycles. The highest BCUT2D eigenvalue weighted by atomic mass is 79.9. The van der Waals surface area contributed by atoms with Gasteiger partial charge < -0.3 is 4.79 Å². The molecule has 21 heavy (non-hydrogen) atoms. The molecule has 1 aromatic rings. The van der Waals surface area contributed by atoms with Crippen LogP contribution >= 0.6 is 15.9 Å². The maximum absolute atomic E-state index is 14.1. The van der Waals surface area contributed by atoms with Gasteiger partial charge >= 0.3 is 0 Å². The standard InChI is InChI=1S/C14H18BrF2NO2S/c1-13(2,3)21(20)18-14(4,5-6-19)9-7-10(15)12(17)8-11(9)16/h6-8,18H,5H2,1-4H3/t14-,21+/m0/s1. The summed E-state index contributed by atoms with van der Waals surface area (Å²) in [6.07, 6.45) is 0.521. The first-order chi connectivity index (χ1) is 9.51. The van der Waals surface area contributed by atoms with Crippen LogP contribution in [0.15, 0.2) is 16.6 Å². The molecule has 0 saturated heterocycles. The van der Waals surface area contributed by atoms with Crippen molar-refractivity contribution in [3.8, 4) is 0 Å². The van der Waals surface area contributed by atoms with Crippen molar-refractivity contribution in [3.05, 3.63) is 33.8 Å². The number of aldehydes is 1. The molecule has 118 valence electrons. The quantitative estimate of drug-likeness (QED) is 0.625. The lowest BCUT2D eigenvalue weighted by atomic mass is 9.90. The molecule has 0 heterocycles. The number of halogens is 3. The van der Waals surface area contributed by atoms with Crippen LogP contribution in [0.4, 0.5) is 8.78 Å². The van der Waals surface area contributed by atoms with Gasteiger partial charge in [-0.3, -0.25) is 0 Å². The molecule has 1 aromatic carbocycles. The summed E-state index contributed by atoms with van der Waals surface area (Å²) in [6.45, 7) is 6.84. The van der Waals surface area contributed by atoms with Crippen molar-refractivity contribution in [2.45, 2.75) is 44.4 Å². The number of nitrogens with one attached hydrogen (secondary N) is 1. The van der Waals surface area contributed by atoms with Crippen molar-refractivity contribution in [2.24, 2.45) is 0 Å². The predicted octanol–water partition coefficient (Wildman–Crippen LogP) is 3.58. The third kappa shape index (κ3) is 4.40. The third-order valence-corrected chi connectivity index (χ3v) is 5.33. The molecule has 0 aliphatic rings. The second kappa shape index (κ2) is 6.62. The Labute approximate surface area is 134 Å². The number of hydrogen-bond donors (Lipinski definition) is 1. The fraction of sp³-hybridized carbons (Fsp3) is 0.500. The minimum absolute atomic E-state index is 0.0827. The van der Waals surface area contributed by atoms with Gasteiger partial charge in [0.2, 0.25) is 0 Å². The summed E-state index contributed by atoms with van der Waals surface area (Å²) >= 11 is 3.00. The van der Waals surface area contributed by atoms with Crippen molar-refractivity contribution < 1.29 is 17.8 Å². The SMILES string of the molecule is CC(C)(C)[S@@](=O)N[C@@](C)(CC=O)c1cc(Br)c(F)cc1F. The molecule has 7 heteroatoms. The number of rotatable bonds is 5. The Balaban J connectivity index is 3.31. The molecule has 2 atom stereocenters. The summed E-state index contributed by atoms with van der Waals surface area (Å²) in [7, 11) is -1.51. The summed E-state index contributed by atoms with van der Waals surface area (Å²) in [6, 6.07) is 2.01. The summed E-state index contributed by atoms with van der Waals surface area (Å²) in [4.78, 5) is 10.9. The van der Waals surface area contributed by atoms with E-state index in [0.717, 1.165) is 6.07 Å². The van der Waals surface area contributed by atoms with E-state index < -0.39 is 32.9 Å². The van der Waals surface area contributed by atoms with Gasteiger partial charge in [0, 0.05) is 18.1 Å². The molecular formula is C14H18BrF2NO2S. The molecule has 1 N–H and O–H groups in total. The smallest absolute Gasteiger partial charge is 0.140 e. The van der Waals surface area contributed by atoms with E-state index >= 15 is 0 Å². The Morgan fingerprint density at radius 1 is 1.24 bits per heavy atom. The molecule has 0 aliphatic carbocycles. The fourth-order valence-corrected chi connectivity index (χ4v) is 2.93. The monoisotopic (exact) mass is 381 g/mol. The summed E-state index contributed by atoms with van der Waals surface area (Å²) in [5.41, 5.74) is -1.11. The first-order valence-corrected chi connectivity index (χ1v) is 8.24. The van der Waals surface area contributed by atoms with E-state index in [1.165, 1.54) is 6.07 Å². The normalized spacial score (nSPS) is 16.3. The average molecular weight is 382 g/mol. The molecule has 3 nitrogen and oxygen atoms in total. The van der Waals surface area contributed by atoms with E-state index in [-0.39, 0.29) is 16.5 Å². The maximum atomic E-state index is 14.1. The molecule has 0 spiro atoms. The number of hydrogen-bond acceptors (Lipinski definition) is 2. The summed E-state index contributed by atoms with van der Waals surface area (Å²) in [5, 5.41) is 0. The fourth-order valence-electron chi connectivity index (χ4n) is 1.68. The zero-order valence-electron chi connectivity index (χ0n) is 12.3. The molecule has 0 saturated carbocycles. The summed E-state index contributed by atoms with van der Waals surface area (Å²) < 4.78 is 42.0. The average Bonchev–Trinajstić information content (AvgIpc) is 2.32. The van der Waals surface area contributed by atoms with Gasteiger partial charge in [0.25, 0.3) is 0 Å². The maximum Gasteiger partial charge on any atom is 0.140 e. The lowest BCUT2D eigenvalue weighted by Crippen LogP contribution is -2.47. The third-order valence-electron chi connectivity index (χ3n) is 2.97. The molecule has 0 amide bonds. The zero-order valence-corrected chi connectivity index (χ0v) is 14.7. The second-order valence-electron chi connectivity index (χ2n) is 5.93. The van der Waals surface area contributed by atoms with Gasteiger partial charge in [0.1, 0.15) is 17.9 Å². The van der Waals surface area contributed by atoms with Gasteiger partial charge in [0.15, 0.2) is 0 Å². The van der Waals surface area contributed by atoms with Crippen LogP contribution in [-0.2, 0) is 21.3 Å². The molecule has 1 rings (SSSR count). The number of carbonyl (C=O) groups excluding carboxylic acids is 1. The number of carbonyl (C=O) groups is 1. The molecule has 0 radical (unpaired) electrons. The minimum Gasteiger partial charge on any atom is -0.303 e. The Hall–Kier alpha value is -0.660. The lowest BCUT2D eigenvalue weighted by molar-refractivity contribution is -0.108. The Morgan fingerprint density at radius 2 is 1.81 bits per heavy atom. The Bertz CT molecular complexity index is 575. The van der Waals surface area contributed by atoms with Gasteiger partial charge in [-0.05, 0) is 49.7 Å². The van der Waals surface area contributed by atoms with Crippen LogP contribution in [-0.4, -0.2) is 15.2 Å². The van der Waals surface area contributed by atoms with Gasteiger partial charge in [-0.2, -0.15) is 0 Å². The van der Waals surface area contributed by atoms with Crippen LogP contribution in [0.2, 0.25) is 0 Å². The van der Waals surface area contributed by atoms with Crippen molar-refractivity contribution in [2.75, 3.05) is 0 Å². The van der Waals surface area contributed by atoms with Crippen LogP contribution in [0.3, 0.4) is 0 Å². The Morgan fingerprint density at radius 3 is 2.29 bits per heavy atom. The zero-order chi connectivity index (χ0) is 16.4. The van der Waals surface area contributed by atoms with Gasteiger partial charge in [-0.25, -0.2) is 17.7 Å². The van der Waals surface area contributed by atoms with Crippen LogP contribution < -0.4 is 4.72 Å². The van der Waals surface area contributed by atoms with E-state index in [2.05, 4.69) is 20.7 Å². The lowest BCUT2D eigenvalue weighted by Gasteiger charge is -2.32. The van der Waals surface area contributed by atoms with Crippen molar-refractivity contribution in [1.29, 1.82) is 0 Å². The summed E-state index contributed by atoms with van der Waals surface area (Å²) in [5.74, 6) is -1.53. The minimum atomic E-state index is -1.51. The van der Waals surface area contributed by atoms with Crippen molar-refractivity contribution in [1.82, 2.24) is 4.72 Å². The van der Waals surface area contributed by atoms with Gasteiger partial charge in [-0.15, -0.1) is 0 Å². The highest BCUT2D eigenvalue weighted by molar-refractivity contribution is 9.10. The predicted molar refractivity (Wildman–Crippen MR) is 83.1 cm³/mol. The van der Waals surface area contributed by atoms with Crippen molar-refractivity contribution >= 4 is 33.2 Å². The first kappa shape index (κ1) is 18.4. The molecule has 0 unspecified atom stereocenters. The van der Waals surface area contributed by atoms with E-state index in [9.17, 15) is 17.8 Å². The van der Waals surface area contributed by atoms with E-state index in [4.69, 9.17) is 0 Å². The molecular weight excluding hydrogens is 364 g/mol. The highest BCUT2D eigenvalue weighted by Gasteiger charge is 2.34. The van der Waals surface area contributed by atoms with Crippen molar-refractivity contribution in [3.63, 3.8) is 0 Å². The second-order valence-corrected chi connectivity index (χ2v) is 8.75. The van der Waals surface area contributed by atoms with Crippen LogP contribution in [0.25, 0.3) is 0 Å². The largest absolute Gasteiger partial charge is 0.303 e. The van der Waals surface area contributed by atoms with E-state index in [0.29, 0.717) is 6.29 Å². The molecule has 0 aromatic heterocycles. The topological polar surface area (TPSA) is 46.2 Å². The first-order valence-electron chi connectivity index (χ1n) is 6.29. The Kier molecular flexibility index (Phi) is 5.80. The number of benzene rings is 1. The highest BCUT2D eigenvalue weighted by Crippen LogP contribution is 2.31. The van der Waals surface area contributed by atoms with Crippen LogP contribution in [0.1, 0.15) is 39.7 Å². The van der Waals surface area contributed by atoms with Crippen LogP contribution in [0.5, 0.6) is 0 Å². The molecule has 0 bridgehead atoms. The van der Waals surface area contributed by atoms with E-state index in [1.807, 2.05) is 0 Å². The van der Waals surface area contributed by atoms with Gasteiger partial charge in [-0.1, -0.05) is 0 Å². The van der Waals surface area contributed by atoms with Gasteiger partial charge in [0.05, 0.1) is 25.7 Å².